The van der Waals surface area contributed by atoms with Crippen LogP contribution in [0.25, 0.3) is 10.8 Å². The van der Waals surface area contributed by atoms with E-state index in [1.807, 2.05) is 39.0 Å². The smallest absolute Gasteiger partial charge is 0.320 e. The molecule has 3 fully saturated rings. The van der Waals surface area contributed by atoms with Gasteiger partial charge in [-0.1, -0.05) is 45.0 Å². The van der Waals surface area contributed by atoms with Crippen molar-refractivity contribution in [1.82, 2.24) is 25.2 Å². The molecule has 0 spiro atoms. The van der Waals surface area contributed by atoms with Crippen LogP contribution < -0.4 is 20.1 Å². The zero-order valence-electron chi connectivity index (χ0n) is 31.8. The fraction of sp³-hybridized carbons (Fsp3) is 0.590. The van der Waals surface area contributed by atoms with E-state index in [1.165, 1.54) is 5.39 Å². The van der Waals surface area contributed by atoms with Crippen molar-refractivity contribution in [1.29, 1.82) is 0 Å². The van der Waals surface area contributed by atoms with E-state index >= 15 is 0 Å². The predicted molar refractivity (Wildman–Crippen MR) is 200 cm³/mol. The first-order chi connectivity index (χ1) is 24.8. The average molecular weight is 752 g/mol. The highest BCUT2D eigenvalue weighted by Gasteiger charge is 2.62. The van der Waals surface area contributed by atoms with Gasteiger partial charge in [0.2, 0.25) is 21.8 Å². The Bertz CT molecular complexity index is 1930. The Hall–Kier alpha value is -4.01. The Morgan fingerprint density at radius 3 is 2.36 bits per heavy atom. The number of esters is 1. The van der Waals surface area contributed by atoms with E-state index in [1.54, 1.807) is 38.9 Å². The molecule has 2 aliphatic carbocycles. The van der Waals surface area contributed by atoms with Crippen molar-refractivity contribution in [3.63, 3.8) is 0 Å². The maximum atomic E-state index is 14.7. The number of methoxy groups -OCH3 is 1. The topological polar surface area (TPSA) is 163 Å². The summed E-state index contributed by atoms with van der Waals surface area (Å²) in [5.41, 5.74) is -0.667. The number of sulfonamides is 1. The van der Waals surface area contributed by atoms with Crippen molar-refractivity contribution < 1.29 is 37.1 Å². The van der Waals surface area contributed by atoms with Gasteiger partial charge in [-0.3, -0.25) is 34.1 Å². The number of ether oxygens (including phenoxy) is 2. The summed E-state index contributed by atoms with van der Waals surface area (Å²) in [6, 6.07) is 8.09. The van der Waals surface area contributed by atoms with Gasteiger partial charge in [0, 0.05) is 31.6 Å². The highest BCUT2D eigenvalue weighted by Crippen LogP contribution is 2.46. The van der Waals surface area contributed by atoms with Crippen LogP contribution >= 0.6 is 0 Å². The first-order valence-corrected chi connectivity index (χ1v) is 19.9. The highest BCUT2D eigenvalue weighted by atomic mass is 32.2. The van der Waals surface area contributed by atoms with E-state index in [-0.39, 0.29) is 37.9 Å². The number of likely N-dealkylation sites (tertiary alicyclic amines) is 1. The van der Waals surface area contributed by atoms with Crippen molar-refractivity contribution in [3.05, 3.63) is 54.1 Å². The lowest BCUT2D eigenvalue weighted by Crippen LogP contribution is -2.60. The largest absolute Gasteiger partial charge is 0.497 e. The molecule has 3 N–H and O–H groups in total. The number of nitrogens with one attached hydrogen (secondary N) is 3. The summed E-state index contributed by atoms with van der Waals surface area (Å²) < 4.78 is 38.8. The second-order valence-electron chi connectivity index (χ2n) is 17.1. The molecular formula is C39H53N5O8S. The van der Waals surface area contributed by atoms with Gasteiger partial charge in [-0.25, -0.2) is 8.42 Å². The zero-order valence-corrected chi connectivity index (χ0v) is 32.6. The summed E-state index contributed by atoms with van der Waals surface area (Å²) in [6.45, 7) is 15.9. The lowest BCUT2D eigenvalue weighted by Gasteiger charge is -2.36. The summed E-state index contributed by atoms with van der Waals surface area (Å²) in [4.78, 5) is 59.3. The molecule has 2 aromatic carbocycles. The van der Waals surface area contributed by atoms with Gasteiger partial charge < -0.3 is 19.7 Å². The van der Waals surface area contributed by atoms with E-state index in [4.69, 9.17) is 9.47 Å². The van der Waals surface area contributed by atoms with E-state index in [0.717, 1.165) is 22.3 Å². The van der Waals surface area contributed by atoms with Gasteiger partial charge in [-0.2, -0.15) is 0 Å². The summed E-state index contributed by atoms with van der Waals surface area (Å²) >= 11 is 0. The molecule has 0 unspecified atom stereocenters. The Kier molecular flexibility index (Phi) is 10.2. The highest BCUT2D eigenvalue weighted by molar-refractivity contribution is 7.91. The zero-order chi connectivity index (χ0) is 38.7. The first-order valence-electron chi connectivity index (χ1n) is 18.3. The number of nitrogens with zero attached hydrogens (tertiary/aromatic N) is 2. The fourth-order valence-electron chi connectivity index (χ4n) is 7.78. The maximum absolute atomic E-state index is 14.7. The number of hydrogen-bond donors (Lipinski definition) is 3. The van der Waals surface area contributed by atoms with Gasteiger partial charge in [0.25, 0.3) is 5.91 Å². The minimum Gasteiger partial charge on any atom is -0.497 e. The minimum atomic E-state index is -3.87. The molecule has 2 aliphatic heterocycles. The van der Waals surface area contributed by atoms with Crippen LogP contribution in [0.5, 0.6) is 5.75 Å². The normalized spacial score (nSPS) is 25.0. The average Bonchev–Trinajstić information content (AvgIpc) is 3.99. The molecule has 2 aromatic rings. The molecule has 14 heteroatoms. The van der Waals surface area contributed by atoms with E-state index < -0.39 is 67.6 Å². The van der Waals surface area contributed by atoms with Crippen LogP contribution in [0.15, 0.2) is 43.0 Å². The fourth-order valence-corrected chi connectivity index (χ4v) is 9.14. The predicted octanol–water partition coefficient (Wildman–Crippen LogP) is 3.15. The first kappa shape index (κ1) is 38.7. The van der Waals surface area contributed by atoms with Gasteiger partial charge in [0.05, 0.1) is 24.9 Å². The van der Waals surface area contributed by atoms with Crippen LogP contribution in [0.2, 0.25) is 0 Å². The van der Waals surface area contributed by atoms with Crippen LogP contribution in [-0.4, -0.2) is 96.6 Å². The maximum Gasteiger partial charge on any atom is 0.320 e. The lowest BCUT2D eigenvalue weighted by atomic mass is 9.85. The molecule has 13 nitrogen and oxygen atoms in total. The second-order valence-corrected chi connectivity index (χ2v) is 19.0. The number of carbonyl (C=O) groups excluding carboxylic acids is 4. The van der Waals surface area contributed by atoms with Crippen LogP contribution in [-0.2, 0) is 47.0 Å². The van der Waals surface area contributed by atoms with Crippen molar-refractivity contribution >= 4 is 44.5 Å². The van der Waals surface area contributed by atoms with Crippen molar-refractivity contribution in [2.24, 2.45) is 11.3 Å². The van der Waals surface area contributed by atoms with Crippen molar-refractivity contribution in [2.75, 3.05) is 20.2 Å². The molecule has 3 amide bonds. The molecule has 2 heterocycles. The van der Waals surface area contributed by atoms with Gasteiger partial charge >= 0.3 is 5.97 Å². The van der Waals surface area contributed by atoms with Crippen LogP contribution in [0.3, 0.4) is 0 Å². The van der Waals surface area contributed by atoms with Gasteiger partial charge in [0.1, 0.15) is 22.9 Å². The summed E-state index contributed by atoms with van der Waals surface area (Å²) in [5, 5.41) is 7.64. The van der Waals surface area contributed by atoms with Crippen LogP contribution in [0, 0.1) is 11.3 Å². The van der Waals surface area contributed by atoms with Crippen molar-refractivity contribution in [3.8, 4) is 5.75 Å². The number of amides is 3. The van der Waals surface area contributed by atoms with Gasteiger partial charge in [0.15, 0.2) is 0 Å². The number of hydrogen-bond acceptors (Lipinski definition) is 10. The Morgan fingerprint density at radius 2 is 1.75 bits per heavy atom. The van der Waals surface area contributed by atoms with Crippen LogP contribution in [0.1, 0.15) is 78.4 Å². The third-order valence-electron chi connectivity index (χ3n) is 10.7. The summed E-state index contributed by atoms with van der Waals surface area (Å²) in [7, 11) is -2.24. The SMILES string of the molecule is C=C[C@@H]1C[C@]1(NC(=O)[C@@H]1C[C@@H](N2Cc3cccc4cc(OC)cc(c34)C2)CN1C(=O)[C@@H](NCC(=O)OC(C)(C)C)C(C)(C)C)C(=O)NS(=O)(=O)C1CC1. The number of carbonyl (C=O) groups is 4. The summed E-state index contributed by atoms with van der Waals surface area (Å²) in [5.74, 6) is -1.96. The Balaban J connectivity index is 1.29. The van der Waals surface area contributed by atoms with Crippen LogP contribution in [0.4, 0.5) is 0 Å². The Morgan fingerprint density at radius 1 is 1.06 bits per heavy atom. The molecule has 1 saturated heterocycles. The third kappa shape index (κ3) is 8.09. The molecule has 2 saturated carbocycles. The molecule has 5 atom stereocenters. The molecule has 6 rings (SSSR count). The van der Waals surface area contributed by atoms with Gasteiger partial charge in [-0.15, -0.1) is 6.58 Å². The van der Waals surface area contributed by atoms with E-state index in [0.29, 0.717) is 25.9 Å². The quantitative estimate of drug-likeness (QED) is 0.217. The van der Waals surface area contributed by atoms with E-state index in [2.05, 4.69) is 39.0 Å². The molecular weight excluding hydrogens is 699 g/mol. The monoisotopic (exact) mass is 751 g/mol. The minimum absolute atomic E-state index is 0.190. The molecule has 0 bridgehead atoms. The Labute approximate surface area is 312 Å². The molecule has 0 aromatic heterocycles. The van der Waals surface area contributed by atoms with Crippen molar-refractivity contribution in [2.45, 2.75) is 115 Å². The number of rotatable bonds is 12. The molecule has 4 aliphatic rings. The lowest BCUT2D eigenvalue weighted by molar-refractivity contribution is -0.154. The van der Waals surface area contributed by atoms with E-state index in [9.17, 15) is 27.6 Å². The molecule has 0 radical (unpaired) electrons. The standard InChI is InChI=1S/C39H53N5O8S/c1-9-26-18-39(26,36(48)42-53(49,50)29-13-14-29)41-34(46)30-17-27(43-20-24-12-10-11-23-15-28(51-8)16-25(21-43)32(23)24)22-44(30)35(47)33(37(2,3)4)40-19-31(45)52-38(5,6)7/h9-12,15-16,26-27,29-30,33,40H,1,13-14,17-22H2,2-8H3,(H,41,46)(H,42,48)/t26-,27-,30+,33-,39-/m1/s1. The molecule has 53 heavy (non-hydrogen) atoms. The second kappa shape index (κ2) is 14.0. The molecule has 288 valence electrons. The number of benzene rings is 2. The third-order valence-corrected chi connectivity index (χ3v) is 12.5. The van der Waals surface area contributed by atoms with Gasteiger partial charge in [-0.05, 0) is 85.9 Å². The summed E-state index contributed by atoms with van der Waals surface area (Å²) in [6.07, 6.45) is 2.96.